The van der Waals surface area contributed by atoms with Crippen LogP contribution in [0.15, 0.2) is 12.2 Å². The van der Waals surface area contributed by atoms with Crippen LogP contribution in [0, 0.1) is 11.8 Å². The Hall–Kier alpha value is -1.20. The second kappa shape index (κ2) is 12.4. The van der Waals surface area contributed by atoms with E-state index < -0.39 is 24.1 Å². The molecule has 5 nitrogen and oxygen atoms in total. The molecule has 0 aromatic heterocycles. The summed E-state index contributed by atoms with van der Waals surface area (Å²) in [6.07, 6.45) is 8.48. The van der Waals surface area contributed by atoms with Gasteiger partial charge in [-0.05, 0) is 26.2 Å². The SMILES string of the molecule is CCCCC/C=C\C[C@@H](C(OC)OC)C(C(C)=O)C(=O)OC. The number of allylic oxidation sites excluding steroid dienone is 2. The van der Waals surface area contributed by atoms with Gasteiger partial charge in [-0.25, -0.2) is 0 Å². The van der Waals surface area contributed by atoms with Gasteiger partial charge in [-0.3, -0.25) is 9.59 Å². The average Bonchev–Trinajstić information content (AvgIpc) is 2.50. The second-order valence-corrected chi connectivity index (χ2v) is 5.32. The lowest BCUT2D eigenvalue weighted by molar-refractivity contribution is -0.172. The molecular weight excluding hydrogens is 284 g/mol. The summed E-state index contributed by atoms with van der Waals surface area (Å²) in [5.74, 6) is -2.07. The Bertz CT molecular complexity index is 347. The van der Waals surface area contributed by atoms with E-state index in [0.29, 0.717) is 6.42 Å². The number of ketones is 1. The van der Waals surface area contributed by atoms with Crippen molar-refractivity contribution in [3.8, 4) is 0 Å². The fourth-order valence-electron chi connectivity index (χ4n) is 2.50. The van der Waals surface area contributed by atoms with Crippen LogP contribution in [-0.2, 0) is 23.8 Å². The van der Waals surface area contributed by atoms with E-state index in [0.717, 1.165) is 12.8 Å². The lowest BCUT2D eigenvalue weighted by Gasteiger charge is -2.28. The quantitative estimate of drug-likeness (QED) is 0.182. The molecule has 0 spiro atoms. The summed E-state index contributed by atoms with van der Waals surface area (Å²) in [4.78, 5) is 23.8. The molecule has 0 saturated carbocycles. The molecule has 0 aliphatic carbocycles. The van der Waals surface area contributed by atoms with Crippen molar-refractivity contribution in [2.75, 3.05) is 21.3 Å². The Balaban J connectivity index is 4.94. The molecule has 0 rings (SSSR count). The van der Waals surface area contributed by atoms with Gasteiger partial charge >= 0.3 is 5.97 Å². The number of unbranched alkanes of at least 4 members (excludes halogenated alkanes) is 3. The predicted molar refractivity (Wildman–Crippen MR) is 85.4 cm³/mol. The second-order valence-electron chi connectivity index (χ2n) is 5.32. The highest BCUT2D eigenvalue weighted by Crippen LogP contribution is 2.26. The first-order valence-electron chi connectivity index (χ1n) is 7.82. The number of carbonyl (C=O) groups is 2. The Kier molecular flexibility index (Phi) is 11.7. The molecule has 2 atom stereocenters. The normalized spacial score (nSPS) is 14.3. The van der Waals surface area contributed by atoms with Crippen molar-refractivity contribution >= 4 is 11.8 Å². The maximum Gasteiger partial charge on any atom is 0.316 e. The van der Waals surface area contributed by atoms with Crippen molar-refractivity contribution in [1.29, 1.82) is 0 Å². The van der Waals surface area contributed by atoms with Gasteiger partial charge in [0.2, 0.25) is 0 Å². The lowest BCUT2D eigenvalue weighted by atomic mass is 9.85. The lowest BCUT2D eigenvalue weighted by Crippen LogP contribution is -2.39. The maximum absolute atomic E-state index is 11.9. The smallest absolute Gasteiger partial charge is 0.316 e. The monoisotopic (exact) mass is 314 g/mol. The third-order valence-corrected chi connectivity index (χ3v) is 3.68. The molecule has 1 unspecified atom stereocenters. The van der Waals surface area contributed by atoms with Gasteiger partial charge in [0.25, 0.3) is 0 Å². The van der Waals surface area contributed by atoms with Crippen LogP contribution in [0.3, 0.4) is 0 Å². The van der Waals surface area contributed by atoms with Crippen LogP contribution < -0.4 is 0 Å². The largest absolute Gasteiger partial charge is 0.468 e. The minimum absolute atomic E-state index is 0.240. The fraction of sp³-hybridized carbons (Fsp3) is 0.765. The van der Waals surface area contributed by atoms with E-state index in [4.69, 9.17) is 14.2 Å². The number of ether oxygens (including phenoxy) is 3. The van der Waals surface area contributed by atoms with E-state index >= 15 is 0 Å². The molecule has 22 heavy (non-hydrogen) atoms. The Morgan fingerprint density at radius 1 is 1.05 bits per heavy atom. The maximum atomic E-state index is 11.9. The minimum Gasteiger partial charge on any atom is -0.468 e. The van der Waals surface area contributed by atoms with Crippen LogP contribution in [0.25, 0.3) is 0 Å². The topological polar surface area (TPSA) is 61.8 Å². The van der Waals surface area contributed by atoms with Crippen LogP contribution in [0.5, 0.6) is 0 Å². The van der Waals surface area contributed by atoms with Gasteiger partial charge in [0, 0.05) is 20.1 Å². The Morgan fingerprint density at radius 2 is 1.68 bits per heavy atom. The molecule has 0 N–H and O–H groups in total. The van der Waals surface area contributed by atoms with Gasteiger partial charge in [-0.2, -0.15) is 0 Å². The zero-order valence-corrected chi connectivity index (χ0v) is 14.5. The first-order chi connectivity index (χ1) is 10.5. The van der Waals surface area contributed by atoms with Crippen LogP contribution in [-0.4, -0.2) is 39.4 Å². The summed E-state index contributed by atoms with van der Waals surface area (Å²) < 4.78 is 15.3. The zero-order valence-electron chi connectivity index (χ0n) is 14.5. The van der Waals surface area contributed by atoms with Crippen LogP contribution in [0.2, 0.25) is 0 Å². The van der Waals surface area contributed by atoms with E-state index in [9.17, 15) is 9.59 Å². The molecular formula is C17H30O5. The zero-order chi connectivity index (χ0) is 17.0. The van der Waals surface area contributed by atoms with E-state index in [1.54, 1.807) is 0 Å². The summed E-state index contributed by atoms with van der Waals surface area (Å²) in [5, 5.41) is 0. The van der Waals surface area contributed by atoms with Crippen molar-refractivity contribution in [2.45, 2.75) is 52.2 Å². The third-order valence-electron chi connectivity index (χ3n) is 3.68. The molecule has 5 heteroatoms. The van der Waals surface area contributed by atoms with E-state index in [1.165, 1.54) is 41.1 Å². The van der Waals surface area contributed by atoms with Gasteiger partial charge in [0.15, 0.2) is 6.29 Å². The van der Waals surface area contributed by atoms with E-state index in [2.05, 4.69) is 13.0 Å². The number of hydrogen-bond acceptors (Lipinski definition) is 5. The van der Waals surface area contributed by atoms with E-state index in [1.807, 2.05) is 6.08 Å². The molecule has 0 saturated heterocycles. The number of Topliss-reactive ketones (excluding diaryl/α,β-unsaturated/α-hetero) is 1. The van der Waals surface area contributed by atoms with Gasteiger partial charge in [0.05, 0.1) is 7.11 Å². The summed E-state index contributed by atoms with van der Waals surface area (Å²) in [7, 11) is 4.28. The van der Waals surface area contributed by atoms with Crippen molar-refractivity contribution in [1.82, 2.24) is 0 Å². The Morgan fingerprint density at radius 3 is 2.14 bits per heavy atom. The average molecular weight is 314 g/mol. The molecule has 0 fully saturated rings. The number of carbonyl (C=O) groups excluding carboxylic acids is 2. The van der Waals surface area contributed by atoms with Crippen molar-refractivity contribution in [2.24, 2.45) is 11.8 Å². The first kappa shape index (κ1) is 20.8. The van der Waals surface area contributed by atoms with Crippen LogP contribution in [0.4, 0.5) is 0 Å². The first-order valence-corrected chi connectivity index (χ1v) is 7.82. The van der Waals surface area contributed by atoms with Gasteiger partial charge in [-0.15, -0.1) is 0 Å². The molecule has 0 bridgehead atoms. The number of methoxy groups -OCH3 is 3. The highest BCUT2D eigenvalue weighted by Gasteiger charge is 2.38. The number of hydrogen-bond donors (Lipinski definition) is 0. The van der Waals surface area contributed by atoms with Crippen LogP contribution >= 0.6 is 0 Å². The molecule has 0 aromatic carbocycles. The summed E-state index contributed by atoms with van der Waals surface area (Å²) in [5.41, 5.74) is 0. The molecule has 0 amide bonds. The van der Waals surface area contributed by atoms with Gasteiger partial charge < -0.3 is 14.2 Å². The molecule has 0 radical (unpaired) electrons. The molecule has 0 aliphatic heterocycles. The molecule has 0 aromatic rings. The third kappa shape index (κ3) is 7.18. The highest BCUT2D eigenvalue weighted by molar-refractivity contribution is 5.98. The highest BCUT2D eigenvalue weighted by atomic mass is 16.7. The van der Waals surface area contributed by atoms with Crippen molar-refractivity contribution in [3.63, 3.8) is 0 Å². The number of esters is 1. The number of rotatable bonds is 12. The van der Waals surface area contributed by atoms with Crippen molar-refractivity contribution in [3.05, 3.63) is 12.2 Å². The Labute approximate surface area is 134 Å². The summed E-state index contributed by atoms with van der Waals surface area (Å²) in [6, 6.07) is 0. The summed E-state index contributed by atoms with van der Waals surface area (Å²) >= 11 is 0. The summed E-state index contributed by atoms with van der Waals surface area (Å²) in [6.45, 7) is 3.55. The minimum atomic E-state index is -0.879. The van der Waals surface area contributed by atoms with Crippen LogP contribution in [0.1, 0.15) is 46.0 Å². The standard InChI is InChI=1S/C17H30O5/c1-6-7-8-9-10-11-12-14(17(21-4)22-5)15(13(2)18)16(19)20-3/h10-11,14-15,17H,6-9,12H2,1-5H3/b11-10-/t14-,15?/m1/s1. The molecule has 0 heterocycles. The fourth-order valence-corrected chi connectivity index (χ4v) is 2.50. The van der Waals surface area contributed by atoms with Gasteiger partial charge in [-0.1, -0.05) is 31.9 Å². The predicted octanol–water partition coefficient (Wildman–Crippen LogP) is 3.13. The van der Waals surface area contributed by atoms with Gasteiger partial charge in [0.1, 0.15) is 11.7 Å². The van der Waals surface area contributed by atoms with Crippen molar-refractivity contribution < 1.29 is 23.8 Å². The molecule has 128 valence electrons. The van der Waals surface area contributed by atoms with E-state index in [-0.39, 0.29) is 5.78 Å². The molecule has 0 aliphatic rings.